The van der Waals surface area contributed by atoms with E-state index in [0.29, 0.717) is 24.9 Å². The van der Waals surface area contributed by atoms with Crippen LogP contribution in [0.4, 0.5) is 0 Å². The smallest absolute Gasteiger partial charge is 0.335 e. The summed E-state index contributed by atoms with van der Waals surface area (Å²) in [7, 11) is 0. The van der Waals surface area contributed by atoms with Gasteiger partial charge in [0.15, 0.2) is 0 Å². The van der Waals surface area contributed by atoms with Crippen LogP contribution < -0.4 is 0 Å². The number of carbonyl (C=O) groups excluding carboxylic acids is 1. The number of carboxylic acids is 1. The van der Waals surface area contributed by atoms with Crippen LogP contribution in [0.3, 0.4) is 0 Å². The number of aryl methyl sites for hydroxylation is 1. The van der Waals surface area contributed by atoms with E-state index in [1.54, 1.807) is 35.6 Å². The van der Waals surface area contributed by atoms with Gasteiger partial charge in [-0.05, 0) is 43.3 Å². The molecule has 0 spiro atoms. The number of hydrogen-bond acceptors (Lipinski definition) is 3. The number of carboxylic acid groups (broad SMARTS) is 1. The van der Waals surface area contributed by atoms with Crippen molar-refractivity contribution in [2.45, 2.75) is 39.3 Å². The lowest BCUT2D eigenvalue weighted by molar-refractivity contribution is -0.133. The number of hydrogen-bond donors (Lipinski definition) is 1. The van der Waals surface area contributed by atoms with Crippen LogP contribution in [0.1, 0.15) is 41.1 Å². The molecule has 0 atom stereocenters. The SMILES string of the molecule is CC(C)N(Cc1cccs1)C(=O)CCc1ccccc1C(=O)O. The minimum Gasteiger partial charge on any atom is -0.478 e. The molecular formula is C18H21NO3S. The maximum Gasteiger partial charge on any atom is 0.335 e. The molecule has 23 heavy (non-hydrogen) atoms. The topological polar surface area (TPSA) is 57.6 Å². The van der Waals surface area contributed by atoms with Gasteiger partial charge in [0, 0.05) is 17.3 Å². The molecule has 0 unspecified atom stereocenters. The van der Waals surface area contributed by atoms with E-state index < -0.39 is 5.97 Å². The van der Waals surface area contributed by atoms with Gasteiger partial charge in [0.2, 0.25) is 5.91 Å². The normalized spacial score (nSPS) is 10.7. The zero-order valence-electron chi connectivity index (χ0n) is 13.4. The summed E-state index contributed by atoms with van der Waals surface area (Å²) >= 11 is 1.64. The van der Waals surface area contributed by atoms with Gasteiger partial charge in [-0.15, -0.1) is 11.3 Å². The van der Waals surface area contributed by atoms with Gasteiger partial charge in [0.25, 0.3) is 0 Å². The van der Waals surface area contributed by atoms with E-state index in [1.807, 2.05) is 36.3 Å². The summed E-state index contributed by atoms with van der Waals surface area (Å²) in [6, 6.07) is 11.0. The number of rotatable bonds is 7. The molecule has 1 heterocycles. The second-order valence-electron chi connectivity index (χ2n) is 5.66. The Morgan fingerprint density at radius 3 is 2.52 bits per heavy atom. The Hall–Kier alpha value is -2.14. The molecule has 1 aromatic heterocycles. The van der Waals surface area contributed by atoms with E-state index in [2.05, 4.69) is 0 Å². The molecule has 0 radical (unpaired) electrons. The van der Waals surface area contributed by atoms with Crippen molar-refractivity contribution in [2.75, 3.05) is 0 Å². The van der Waals surface area contributed by atoms with Crippen LogP contribution in [-0.2, 0) is 17.8 Å². The van der Waals surface area contributed by atoms with Crippen LogP contribution >= 0.6 is 11.3 Å². The molecule has 1 amide bonds. The average Bonchev–Trinajstić information content (AvgIpc) is 3.03. The number of aromatic carboxylic acids is 1. The van der Waals surface area contributed by atoms with E-state index >= 15 is 0 Å². The summed E-state index contributed by atoms with van der Waals surface area (Å²) in [4.78, 5) is 26.8. The summed E-state index contributed by atoms with van der Waals surface area (Å²) in [6.07, 6.45) is 0.753. The minimum absolute atomic E-state index is 0.0496. The first kappa shape index (κ1) is 17.2. The van der Waals surface area contributed by atoms with Crippen LogP contribution in [0, 0.1) is 0 Å². The molecule has 0 fully saturated rings. The molecule has 4 nitrogen and oxygen atoms in total. The van der Waals surface area contributed by atoms with Gasteiger partial charge in [-0.3, -0.25) is 4.79 Å². The summed E-state index contributed by atoms with van der Waals surface area (Å²) in [5.74, 6) is -0.902. The molecule has 0 saturated carbocycles. The van der Waals surface area contributed by atoms with E-state index in [0.717, 1.165) is 4.88 Å². The Morgan fingerprint density at radius 2 is 1.91 bits per heavy atom. The van der Waals surface area contributed by atoms with Gasteiger partial charge in [0.1, 0.15) is 0 Å². The molecule has 1 N–H and O–H groups in total. The fraction of sp³-hybridized carbons (Fsp3) is 0.333. The van der Waals surface area contributed by atoms with Crippen molar-refractivity contribution in [3.05, 3.63) is 57.8 Å². The zero-order valence-corrected chi connectivity index (χ0v) is 14.2. The van der Waals surface area contributed by atoms with Crippen molar-refractivity contribution in [1.82, 2.24) is 4.90 Å². The summed E-state index contributed by atoms with van der Waals surface area (Å²) in [6.45, 7) is 4.60. The second kappa shape index (κ2) is 7.92. The highest BCUT2D eigenvalue weighted by Gasteiger charge is 2.18. The van der Waals surface area contributed by atoms with Crippen LogP contribution in [0.2, 0.25) is 0 Å². The monoisotopic (exact) mass is 331 g/mol. The third kappa shape index (κ3) is 4.66. The summed E-state index contributed by atoms with van der Waals surface area (Å²) < 4.78 is 0. The molecule has 0 aliphatic heterocycles. The lowest BCUT2D eigenvalue weighted by Gasteiger charge is -2.26. The molecule has 2 rings (SSSR count). The number of nitrogens with zero attached hydrogens (tertiary/aromatic N) is 1. The molecular weight excluding hydrogens is 310 g/mol. The van der Waals surface area contributed by atoms with Crippen molar-refractivity contribution < 1.29 is 14.7 Å². The molecule has 2 aromatic rings. The summed E-state index contributed by atoms with van der Waals surface area (Å²) in [5.41, 5.74) is 0.975. The molecule has 1 aromatic carbocycles. The number of carbonyl (C=O) groups is 2. The van der Waals surface area contributed by atoms with E-state index in [4.69, 9.17) is 0 Å². The Morgan fingerprint density at radius 1 is 1.17 bits per heavy atom. The lowest BCUT2D eigenvalue weighted by atomic mass is 10.0. The molecule has 5 heteroatoms. The quantitative estimate of drug-likeness (QED) is 0.839. The van der Waals surface area contributed by atoms with Crippen LogP contribution in [0.25, 0.3) is 0 Å². The van der Waals surface area contributed by atoms with Crippen LogP contribution in [-0.4, -0.2) is 27.9 Å². The first-order chi connectivity index (χ1) is 11.0. The molecule has 0 aliphatic rings. The second-order valence-corrected chi connectivity index (χ2v) is 6.69. The van der Waals surface area contributed by atoms with Gasteiger partial charge < -0.3 is 10.0 Å². The fourth-order valence-corrected chi connectivity index (χ4v) is 3.16. The first-order valence-corrected chi connectivity index (χ1v) is 8.50. The van der Waals surface area contributed by atoms with Gasteiger partial charge in [0.05, 0.1) is 12.1 Å². The van der Waals surface area contributed by atoms with E-state index in [1.165, 1.54) is 0 Å². The van der Waals surface area contributed by atoms with Crippen molar-refractivity contribution >= 4 is 23.2 Å². The van der Waals surface area contributed by atoms with E-state index in [9.17, 15) is 14.7 Å². The highest BCUT2D eigenvalue weighted by Crippen LogP contribution is 2.17. The highest BCUT2D eigenvalue weighted by molar-refractivity contribution is 7.09. The van der Waals surface area contributed by atoms with Crippen molar-refractivity contribution in [1.29, 1.82) is 0 Å². The van der Waals surface area contributed by atoms with Crippen LogP contribution in [0.15, 0.2) is 41.8 Å². The third-order valence-corrected chi connectivity index (χ3v) is 4.57. The van der Waals surface area contributed by atoms with Crippen molar-refractivity contribution in [3.8, 4) is 0 Å². The van der Waals surface area contributed by atoms with Gasteiger partial charge >= 0.3 is 5.97 Å². The average molecular weight is 331 g/mol. The molecule has 0 bridgehead atoms. The Labute approximate surface area is 140 Å². The Kier molecular flexibility index (Phi) is 5.93. The van der Waals surface area contributed by atoms with Crippen molar-refractivity contribution in [2.24, 2.45) is 0 Å². The third-order valence-electron chi connectivity index (χ3n) is 3.71. The molecule has 122 valence electrons. The molecule has 0 saturated heterocycles. The predicted molar refractivity (Wildman–Crippen MR) is 91.7 cm³/mol. The highest BCUT2D eigenvalue weighted by atomic mass is 32.1. The molecule has 0 aliphatic carbocycles. The first-order valence-electron chi connectivity index (χ1n) is 7.62. The maximum atomic E-state index is 12.5. The van der Waals surface area contributed by atoms with E-state index in [-0.39, 0.29) is 17.5 Å². The van der Waals surface area contributed by atoms with Gasteiger partial charge in [-0.2, -0.15) is 0 Å². The summed E-state index contributed by atoms with van der Waals surface area (Å²) in [5, 5.41) is 11.2. The predicted octanol–water partition coefficient (Wildman–Crippen LogP) is 3.82. The fourth-order valence-electron chi connectivity index (χ4n) is 2.46. The van der Waals surface area contributed by atoms with Crippen LogP contribution in [0.5, 0.6) is 0 Å². The maximum absolute atomic E-state index is 12.5. The number of benzene rings is 1. The lowest BCUT2D eigenvalue weighted by Crippen LogP contribution is -2.36. The van der Waals surface area contributed by atoms with Gasteiger partial charge in [-0.25, -0.2) is 4.79 Å². The van der Waals surface area contributed by atoms with Crippen molar-refractivity contribution in [3.63, 3.8) is 0 Å². The number of thiophene rings is 1. The minimum atomic E-state index is -0.952. The largest absolute Gasteiger partial charge is 0.478 e. The Balaban J connectivity index is 2.03. The van der Waals surface area contributed by atoms with Gasteiger partial charge in [-0.1, -0.05) is 24.3 Å². The Bertz CT molecular complexity index is 665. The standard InChI is InChI=1S/C18H21NO3S/c1-13(2)19(12-15-7-5-11-23-15)17(20)10-9-14-6-3-4-8-16(14)18(21)22/h3-8,11,13H,9-10,12H2,1-2H3,(H,21,22). The zero-order chi connectivity index (χ0) is 16.8. The number of amides is 1.